The molecule has 0 amide bonds. The standard InChI is InChI=1S/C8H7O3/c9-7-11-10-6-8-4-2-1-3-5-8/h1-5H,6H2. The molecule has 0 saturated heterocycles. The lowest BCUT2D eigenvalue weighted by atomic mass is 10.2. The van der Waals surface area contributed by atoms with Gasteiger partial charge in [-0.05, 0) is 5.56 Å². The Morgan fingerprint density at radius 2 is 2.00 bits per heavy atom. The molecule has 1 aromatic rings. The lowest BCUT2D eigenvalue weighted by molar-refractivity contribution is -0.232. The van der Waals surface area contributed by atoms with E-state index in [0.29, 0.717) is 0 Å². The second-order valence-electron chi connectivity index (χ2n) is 1.91. The van der Waals surface area contributed by atoms with E-state index in [1.54, 1.807) is 0 Å². The topological polar surface area (TPSA) is 35.5 Å². The first-order chi connectivity index (χ1) is 5.43. The van der Waals surface area contributed by atoms with Crippen molar-refractivity contribution in [2.45, 2.75) is 6.61 Å². The zero-order chi connectivity index (χ0) is 7.94. The van der Waals surface area contributed by atoms with Gasteiger partial charge in [-0.1, -0.05) is 30.3 Å². The van der Waals surface area contributed by atoms with E-state index in [1.165, 1.54) is 6.47 Å². The highest BCUT2D eigenvalue weighted by molar-refractivity contribution is 5.36. The van der Waals surface area contributed by atoms with Gasteiger partial charge in [0.25, 0.3) is 0 Å². The average molecular weight is 151 g/mol. The highest BCUT2D eigenvalue weighted by Gasteiger charge is 1.90. The van der Waals surface area contributed by atoms with Crippen molar-refractivity contribution in [1.82, 2.24) is 0 Å². The molecule has 0 fully saturated rings. The number of hydrogen-bond acceptors (Lipinski definition) is 3. The second kappa shape index (κ2) is 4.46. The molecule has 3 heteroatoms. The van der Waals surface area contributed by atoms with Gasteiger partial charge in [-0.2, -0.15) is 4.89 Å². The van der Waals surface area contributed by atoms with Crippen LogP contribution in [-0.4, -0.2) is 6.47 Å². The van der Waals surface area contributed by atoms with E-state index in [2.05, 4.69) is 9.78 Å². The maximum atomic E-state index is 9.52. The number of rotatable bonds is 4. The Bertz CT molecular complexity index is 208. The van der Waals surface area contributed by atoms with Gasteiger partial charge in [0.15, 0.2) is 0 Å². The van der Waals surface area contributed by atoms with Crippen molar-refractivity contribution in [3.05, 3.63) is 35.9 Å². The molecule has 0 atom stereocenters. The van der Waals surface area contributed by atoms with Crippen LogP contribution in [-0.2, 0) is 21.2 Å². The number of benzene rings is 1. The third-order valence-corrected chi connectivity index (χ3v) is 1.16. The van der Waals surface area contributed by atoms with Crippen LogP contribution in [0.25, 0.3) is 0 Å². The number of hydrogen-bond donors (Lipinski definition) is 0. The zero-order valence-electron chi connectivity index (χ0n) is 5.82. The molecule has 0 aliphatic carbocycles. The van der Waals surface area contributed by atoms with E-state index in [9.17, 15) is 4.79 Å². The summed E-state index contributed by atoms with van der Waals surface area (Å²) in [6.07, 6.45) is 0. The summed E-state index contributed by atoms with van der Waals surface area (Å²) in [5.74, 6) is 0. The SMILES string of the molecule is O=[C]OOCc1ccccc1. The van der Waals surface area contributed by atoms with Crippen molar-refractivity contribution >= 4 is 6.47 Å². The summed E-state index contributed by atoms with van der Waals surface area (Å²) < 4.78 is 0. The van der Waals surface area contributed by atoms with E-state index in [1.807, 2.05) is 30.3 Å². The number of carbonyl (C=O) groups excluding carboxylic acids is 1. The van der Waals surface area contributed by atoms with E-state index >= 15 is 0 Å². The first-order valence-electron chi connectivity index (χ1n) is 3.13. The molecule has 0 saturated carbocycles. The van der Waals surface area contributed by atoms with E-state index in [0.717, 1.165) is 5.56 Å². The lowest BCUT2D eigenvalue weighted by Crippen LogP contribution is -1.92. The molecule has 0 N–H and O–H groups in total. The molecule has 0 heterocycles. The van der Waals surface area contributed by atoms with Gasteiger partial charge in [0, 0.05) is 0 Å². The predicted molar refractivity (Wildman–Crippen MR) is 38.0 cm³/mol. The zero-order valence-corrected chi connectivity index (χ0v) is 5.82. The molecule has 1 aromatic carbocycles. The fourth-order valence-electron chi connectivity index (χ4n) is 0.696. The third kappa shape index (κ3) is 2.82. The van der Waals surface area contributed by atoms with Crippen molar-refractivity contribution in [2.75, 3.05) is 0 Å². The summed E-state index contributed by atoms with van der Waals surface area (Å²) in [7, 11) is 0. The molecule has 0 unspecified atom stereocenters. The van der Waals surface area contributed by atoms with Crippen LogP contribution in [0.1, 0.15) is 5.56 Å². The summed E-state index contributed by atoms with van der Waals surface area (Å²) in [6, 6.07) is 9.39. The monoisotopic (exact) mass is 151 g/mol. The van der Waals surface area contributed by atoms with Crippen LogP contribution in [0.2, 0.25) is 0 Å². The molecule has 0 aliphatic rings. The van der Waals surface area contributed by atoms with Crippen LogP contribution < -0.4 is 0 Å². The second-order valence-corrected chi connectivity index (χ2v) is 1.91. The third-order valence-electron chi connectivity index (χ3n) is 1.16. The highest BCUT2D eigenvalue weighted by Crippen LogP contribution is 1.99. The van der Waals surface area contributed by atoms with Crippen LogP contribution in [0, 0.1) is 0 Å². The Morgan fingerprint density at radius 3 is 2.64 bits per heavy atom. The minimum atomic E-state index is 0.260. The smallest absolute Gasteiger partial charge is 0.285 e. The van der Waals surface area contributed by atoms with Crippen LogP contribution in [0.5, 0.6) is 0 Å². The largest absolute Gasteiger partial charge is 0.453 e. The molecule has 0 aliphatic heterocycles. The molecule has 1 rings (SSSR count). The van der Waals surface area contributed by atoms with E-state index in [-0.39, 0.29) is 6.61 Å². The molecule has 0 bridgehead atoms. The van der Waals surface area contributed by atoms with Crippen molar-refractivity contribution < 1.29 is 14.6 Å². The van der Waals surface area contributed by atoms with Gasteiger partial charge in [0.1, 0.15) is 6.61 Å². The Morgan fingerprint density at radius 1 is 1.27 bits per heavy atom. The van der Waals surface area contributed by atoms with Gasteiger partial charge in [0.05, 0.1) is 0 Å². The van der Waals surface area contributed by atoms with E-state index in [4.69, 9.17) is 0 Å². The maximum absolute atomic E-state index is 9.52. The molecule has 0 aromatic heterocycles. The first-order valence-corrected chi connectivity index (χ1v) is 3.13. The summed E-state index contributed by atoms with van der Waals surface area (Å²) in [5, 5.41) is 0. The van der Waals surface area contributed by atoms with Gasteiger partial charge in [0.2, 0.25) is 0 Å². The van der Waals surface area contributed by atoms with Gasteiger partial charge >= 0.3 is 6.47 Å². The van der Waals surface area contributed by atoms with Crippen LogP contribution >= 0.6 is 0 Å². The van der Waals surface area contributed by atoms with Crippen molar-refractivity contribution in [2.24, 2.45) is 0 Å². The molecular formula is C8H7O3. The van der Waals surface area contributed by atoms with Crippen molar-refractivity contribution in [3.8, 4) is 0 Å². The molecular weight excluding hydrogens is 144 g/mol. The van der Waals surface area contributed by atoms with Gasteiger partial charge in [-0.25, -0.2) is 4.79 Å². The summed E-state index contributed by atoms with van der Waals surface area (Å²) in [6.45, 7) is 1.43. The summed E-state index contributed by atoms with van der Waals surface area (Å²) in [5.41, 5.74) is 0.947. The molecule has 11 heavy (non-hydrogen) atoms. The Balaban J connectivity index is 2.33. The predicted octanol–water partition coefficient (Wildman–Crippen LogP) is 1.20. The molecule has 0 spiro atoms. The quantitative estimate of drug-likeness (QED) is 0.368. The summed E-state index contributed by atoms with van der Waals surface area (Å²) >= 11 is 0. The Kier molecular flexibility index (Phi) is 3.15. The Hall–Kier alpha value is -1.35. The van der Waals surface area contributed by atoms with E-state index < -0.39 is 0 Å². The summed E-state index contributed by atoms with van der Waals surface area (Å²) in [4.78, 5) is 17.9. The fraction of sp³-hybridized carbons (Fsp3) is 0.125. The van der Waals surface area contributed by atoms with Gasteiger partial charge in [-0.3, -0.25) is 4.89 Å². The molecule has 57 valence electrons. The van der Waals surface area contributed by atoms with Crippen LogP contribution in [0.3, 0.4) is 0 Å². The van der Waals surface area contributed by atoms with Crippen molar-refractivity contribution in [1.29, 1.82) is 0 Å². The lowest BCUT2D eigenvalue weighted by Gasteiger charge is -1.96. The minimum Gasteiger partial charge on any atom is -0.285 e. The molecule has 1 radical (unpaired) electrons. The maximum Gasteiger partial charge on any atom is 0.453 e. The fourth-order valence-corrected chi connectivity index (χ4v) is 0.696. The van der Waals surface area contributed by atoms with Crippen LogP contribution in [0.15, 0.2) is 30.3 Å². The normalized spacial score (nSPS) is 9.09. The first kappa shape index (κ1) is 7.75. The molecule has 3 nitrogen and oxygen atoms in total. The Labute approximate surface area is 64.5 Å². The van der Waals surface area contributed by atoms with Gasteiger partial charge < -0.3 is 0 Å². The van der Waals surface area contributed by atoms with Crippen LogP contribution in [0.4, 0.5) is 0 Å². The average Bonchev–Trinajstić information content (AvgIpc) is 2.07. The van der Waals surface area contributed by atoms with Gasteiger partial charge in [-0.15, -0.1) is 0 Å². The highest BCUT2D eigenvalue weighted by atomic mass is 17.2. The minimum absolute atomic E-state index is 0.260. The van der Waals surface area contributed by atoms with Crippen molar-refractivity contribution in [3.63, 3.8) is 0 Å².